The van der Waals surface area contributed by atoms with E-state index in [0.717, 1.165) is 0 Å². The van der Waals surface area contributed by atoms with Crippen LogP contribution in [-0.2, 0) is 0 Å². The molecule has 1 aromatic carbocycles. The summed E-state index contributed by atoms with van der Waals surface area (Å²) in [5, 5.41) is 3.69. The minimum Gasteiger partial charge on any atom is -0.382 e. The van der Waals surface area contributed by atoms with Gasteiger partial charge in [-0.05, 0) is 42.2 Å². The van der Waals surface area contributed by atoms with Crippen molar-refractivity contribution in [2.24, 2.45) is 10.8 Å². The molecule has 1 aliphatic carbocycles. The molecule has 1 nitrogen and oxygen atoms in total. The molecule has 1 aliphatic rings. The summed E-state index contributed by atoms with van der Waals surface area (Å²) < 4.78 is 0. The van der Waals surface area contributed by atoms with E-state index in [1.165, 1.54) is 24.9 Å². The van der Waals surface area contributed by atoms with Crippen molar-refractivity contribution in [3.05, 3.63) is 30.3 Å². The van der Waals surface area contributed by atoms with Gasteiger partial charge in [0, 0.05) is 11.7 Å². The molecule has 0 aliphatic heterocycles. The van der Waals surface area contributed by atoms with Gasteiger partial charge in [0.1, 0.15) is 0 Å². The van der Waals surface area contributed by atoms with Crippen LogP contribution in [0.15, 0.2) is 30.3 Å². The lowest BCUT2D eigenvalue weighted by Gasteiger charge is -2.45. The van der Waals surface area contributed by atoms with Gasteiger partial charge in [-0.25, -0.2) is 0 Å². The summed E-state index contributed by atoms with van der Waals surface area (Å²) in [6, 6.07) is 11.2. The fraction of sp³-hybridized carbons (Fsp3) is 0.625. The average Bonchev–Trinajstić information content (AvgIpc) is 2.13. The largest absolute Gasteiger partial charge is 0.382 e. The number of anilines is 1. The maximum atomic E-state index is 3.69. The smallest absolute Gasteiger partial charge is 0.0342 e. The summed E-state index contributed by atoms with van der Waals surface area (Å²) in [4.78, 5) is 0. The second-order valence-electron chi connectivity index (χ2n) is 7.12. The van der Waals surface area contributed by atoms with Crippen molar-refractivity contribution in [1.29, 1.82) is 0 Å². The van der Waals surface area contributed by atoms with Gasteiger partial charge in [-0.3, -0.25) is 0 Å². The van der Waals surface area contributed by atoms with Gasteiger partial charge in [-0.2, -0.15) is 0 Å². The number of para-hydroxylation sites is 1. The van der Waals surface area contributed by atoms with E-state index in [2.05, 4.69) is 63.3 Å². The molecular formula is C16H25N. The lowest BCUT2D eigenvalue weighted by atomic mass is 9.63. The van der Waals surface area contributed by atoms with Crippen LogP contribution in [0, 0.1) is 10.8 Å². The SMILES string of the molecule is CC1(C)CC(Nc2ccccc2)CC(C)(C)C1. The fourth-order valence-electron chi connectivity index (χ4n) is 3.72. The second kappa shape index (κ2) is 4.36. The standard InChI is InChI=1S/C16H25N/c1-15(2)10-14(11-16(3,4)12-15)17-13-8-6-5-7-9-13/h5-9,14,17H,10-12H2,1-4H3. The van der Waals surface area contributed by atoms with Gasteiger partial charge in [0.25, 0.3) is 0 Å². The molecular weight excluding hydrogens is 206 g/mol. The van der Waals surface area contributed by atoms with Crippen LogP contribution >= 0.6 is 0 Å². The third kappa shape index (κ3) is 3.49. The van der Waals surface area contributed by atoms with Crippen molar-refractivity contribution in [2.75, 3.05) is 5.32 Å². The molecule has 2 rings (SSSR count). The molecule has 1 heteroatoms. The van der Waals surface area contributed by atoms with Crippen molar-refractivity contribution >= 4 is 5.69 Å². The molecule has 0 atom stereocenters. The Morgan fingerprint density at radius 3 is 2.00 bits per heavy atom. The zero-order chi connectivity index (χ0) is 12.5. The Morgan fingerprint density at radius 1 is 0.941 bits per heavy atom. The van der Waals surface area contributed by atoms with Gasteiger partial charge in [0.15, 0.2) is 0 Å². The molecule has 1 saturated carbocycles. The Morgan fingerprint density at radius 2 is 1.47 bits per heavy atom. The van der Waals surface area contributed by atoms with Crippen molar-refractivity contribution in [3.8, 4) is 0 Å². The van der Waals surface area contributed by atoms with Crippen LogP contribution in [-0.4, -0.2) is 6.04 Å². The van der Waals surface area contributed by atoms with Crippen molar-refractivity contribution < 1.29 is 0 Å². The van der Waals surface area contributed by atoms with Gasteiger partial charge >= 0.3 is 0 Å². The Labute approximate surface area is 106 Å². The predicted octanol–water partition coefficient (Wildman–Crippen LogP) is 4.70. The summed E-state index contributed by atoms with van der Waals surface area (Å²) >= 11 is 0. The third-order valence-corrected chi connectivity index (χ3v) is 3.70. The Kier molecular flexibility index (Phi) is 3.20. The predicted molar refractivity (Wildman–Crippen MR) is 75.3 cm³/mol. The van der Waals surface area contributed by atoms with Gasteiger partial charge in [0.05, 0.1) is 0 Å². The second-order valence-corrected chi connectivity index (χ2v) is 7.12. The highest BCUT2D eigenvalue weighted by Gasteiger charge is 2.38. The molecule has 0 unspecified atom stereocenters. The summed E-state index contributed by atoms with van der Waals surface area (Å²) in [7, 11) is 0. The van der Waals surface area contributed by atoms with Crippen LogP contribution < -0.4 is 5.32 Å². The molecule has 17 heavy (non-hydrogen) atoms. The molecule has 0 radical (unpaired) electrons. The highest BCUT2D eigenvalue weighted by Crippen LogP contribution is 2.46. The van der Waals surface area contributed by atoms with E-state index in [-0.39, 0.29) is 0 Å². The molecule has 0 heterocycles. The normalized spacial score (nSPS) is 23.3. The third-order valence-electron chi connectivity index (χ3n) is 3.70. The van der Waals surface area contributed by atoms with E-state index in [1.54, 1.807) is 0 Å². The van der Waals surface area contributed by atoms with E-state index in [9.17, 15) is 0 Å². The summed E-state index contributed by atoms with van der Waals surface area (Å²) in [5.74, 6) is 0. The minimum atomic E-state index is 0.453. The van der Waals surface area contributed by atoms with Crippen molar-refractivity contribution in [2.45, 2.75) is 53.0 Å². The Balaban J connectivity index is 2.06. The number of nitrogens with one attached hydrogen (secondary N) is 1. The first kappa shape index (κ1) is 12.5. The molecule has 94 valence electrons. The fourth-order valence-corrected chi connectivity index (χ4v) is 3.72. The maximum absolute atomic E-state index is 3.69. The molecule has 1 aromatic rings. The van der Waals surface area contributed by atoms with E-state index in [0.29, 0.717) is 16.9 Å². The minimum absolute atomic E-state index is 0.453. The van der Waals surface area contributed by atoms with Crippen LogP contribution in [0.25, 0.3) is 0 Å². The summed E-state index contributed by atoms with van der Waals surface area (Å²) in [6.07, 6.45) is 3.86. The highest BCUT2D eigenvalue weighted by molar-refractivity contribution is 5.43. The van der Waals surface area contributed by atoms with Gasteiger partial charge in [-0.15, -0.1) is 0 Å². The van der Waals surface area contributed by atoms with Crippen LogP contribution in [0.5, 0.6) is 0 Å². The average molecular weight is 231 g/mol. The highest BCUT2D eigenvalue weighted by atomic mass is 14.9. The monoisotopic (exact) mass is 231 g/mol. The van der Waals surface area contributed by atoms with E-state index in [4.69, 9.17) is 0 Å². The topological polar surface area (TPSA) is 12.0 Å². The molecule has 0 saturated heterocycles. The van der Waals surface area contributed by atoms with Crippen molar-refractivity contribution in [1.82, 2.24) is 0 Å². The Bertz CT molecular complexity index is 348. The summed E-state index contributed by atoms with van der Waals surface area (Å²) in [6.45, 7) is 9.59. The first-order valence-corrected chi connectivity index (χ1v) is 6.68. The van der Waals surface area contributed by atoms with Crippen LogP contribution in [0.4, 0.5) is 5.69 Å². The van der Waals surface area contributed by atoms with Crippen LogP contribution in [0.1, 0.15) is 47.0 Å². The van der Waals surface area contributed by atoms with Gasteiger partial charge in [0.2, 0.25) is 0 Å². The first-order chi connectivity index (χ1) is 7.86. The van der Waals surface area contributed by atoms with Gasteiger partial charge in [-0.1, -0.05) is 45.9 Å². The number of benzene rings is 1. The van der Waals surface area contributed by atoms with E-state index >= 15 is 0 Å². The quantitative estimate of drug-likeness (QED) is 0.777. The molecule has 0 amide bonds. The molecule has 1 N–H and O–H groups in total. The summed E-state index contributed by atoms with van der Waals surface area (Å²) in [5.41, 5.74) is 2.16. The number of hydrogen-bond acceptors (Lipinski definition) is 1. The van der Waals surface area contributed by atoms with Crippen LogP contribution in [0.3, 0.4) is 0 Å². The number of hydrogen-bond donors (Lipinski definition) is 1. The number of rotatable bonds is 2. The van der Waals surface area contributed by atoms with Crippen molar-refractivity contribution in [3.63, 3.8) is 0 Å². The molecule has 0 aromatic heterocycles. The molecule has 0 bridgehead atoms. The van der Waals surface area contributed by atoms with Crippen LogP contribution in [0.2, 0.25) is 0 Å². The zero-order valence-corrected chi connectivity index (χ0v) is 11.6. The Hall–Kier alpha value is -0.980. The van der Waals surface area contributed by atoms with Gasteiger partial charge < -0.3 is 5.32 Å². The maximum Gasteiger partial charge on any atom is 0.0342 e. The zero-order valence-electron chi connectivity index (χ0n) is 11.6. The van der Waals surface area contributed by atoms with E-state index < -0.39 is 0 Å². The lowest BCUT2D eigenvalue weighted by Crippen LogP contribution is -2.40. The lowest BCUT2D eigenvalue weighted by molar-refractivity contribution is 0.105. The molecule has 1 fully saturated rings. The first-order valence-electron chi connectivity index (χ1n) is 6.68. The molecule has 0 spiro atoms. The van der Waals surface area contributed by atoms with E-state index in [1.807, 2.05) is 0 Å².